The third-order valence-corrected chi connectivity index (χ3v) is 5.76. The highest BCUT2D eigenvalue weighted by atomic mass is 79.9. The van der Waals surface area contributed by atoms with Gasteiger partial charge in [0, 0.05) is 16.8 Å². The van der Waals surface area contributed by atoms with Gasteiger partial charge in [-0.25, -0.2) is 25.9 Å². The van der Waals surface area contributed by atoms with Crippen LogP contribution in [0.4, 0.5) is 4.39 Å². The van der Waals surface area contributed by atoms with E-state index in [2.05, 4.69) is 20.7 Å². The van der Waals surface area contributed by atoms with Crippen molar-refractivity contribution in [3.05, 3.63) is 28.5 Å². The summed E-state index contributed by atoms with van der Waals surface area (Å²) >= 11 is 2.96. The van der Waals surface area contributed by atoms with Gasteiger partial charge in [-0.3, -0.25) is 0 Å². The summed E-state index contributed by atoms with van der Waals surface area (Å²) < 4.78 is 61.4. The molecule has 0 aromatic heterocycles. The van der Waals surface area contributed by atoms with E-state index >= 15 is 0 Å². The predicted molar refractivity (Wildman–Crippen MR) is 73.6 cm³/mol. The third-order valence-electron chi connectivity index (χ3n) is 2.09. The maximum atomic E-state index is 12.9. The van der Waals surface area contributed by atoms with Crippen LogP contribution in [0.2, 0.25) is 0 Å². The van der Waals surface area contributed by atoms with E-state index in [1.807, 2.05) is 0 Å². The minimum absolute atomic E-state index is 0.0755. The van der Waals surface area contributed by atoms with Crippen molar-refractivity contribution in [1.82, 2.24) is 4.72 Å². The first-order chi connectivity index (χ1) is 8.51. The molecule has 1 unspecified atom stereocenters. The Morgan fingerprint density at radius 2 is 1.89 bits per heavy atom. The van der Waals surface area contributed by atoms with Crippen LogP contribution < -0.4 is 4.72 Å². The maximum Gasteiger partial charge on any atom is 0.241 e. The van der Waals surface area contributed by atoms with Crippen molar-refractivity contribution in [3.63, 3.8) is 0 Å². The van der Waals surface area contributed by atoms with Crippen LogP contribution >= 0.6 is 15.9 Å². The van der Waals surface area contributed by atoms with Gasteiger partial charge in [0.05, 0.1) is 10.6 Å². The number of halogens is 2. The molecule has 5 nitrogen and oxygen atoms in total. The van der Waals surface area contributed by atoms with Crippen LogP contribution in [0.15, 0.2) is 27.6 Å². The molecule has 19 heavy (non-hydrogen) atoms. The number of sulfonamides is 1. The standard InChI is InChI=1S/C10H13BrFNO4S2/c1-7(6-18(2,14)15)13-19(16,17)10-4-3-8(12)5-9(10)11/h3-5,7,13H,6H2,1-2H3. The van der Waals surface area contributed by atoms with Crippen LogP contribution in [0.1, 0.15) is 6.92 Å². The van der Waals surface area contributed by atoms with Crippen LogP contribution in [-0.2, 0) is 19.9 Å². The second kappa shape index (κ2) is 5.86. The van der Waals surface area contributed by atoms with Gasteiger partial charge in [0.25, 0.3) is 0 Å². The smallest absolute Gasteiger partial charge is 0.229 e. The predicted octanol–water partition coefficient (Wildman–Crippen LogP) is 1.30. The van der Waals surface area contributed by atoms with E-state index in [0.717, 1.165) is 24.5 Å². The van der Waals surface area contributed by atoms with E-state index in [-0.39, 0.29) is 15.1 Å². The van der Waals surface area contributed by atoms with Gasteiger partial charge in [-0.1, -0.05) is 0 Å². The zero-order chi connectivity index (χ0) is 14.8. The molecule has 9 heteroatoms. The van der Waals surface area contributed by atoms with Gasteiger partial charge in [0.15, 0.2) is 0 Å². The summed E-state index contributed by atoms with van der Waals surface area (Å²) in [5.74, 6) is -0.889. The second-order valence-electron chi connectivity index (χ2n) is 4.19. The molecule has 0 radical (unpaired) electrons. The lowest BCUT2D eigenvalue weighted by Crippen LogP contribution is -2.37. The van der Waals surface area contributed by atoms with E-state index in [0.29, 0.717) is 0 Å². The van der Waals surface area contributed by atoms with Crippen molar-refractivity contribution in [2.45, 2.75) is 17.9 Å². The van der Waals surface area contributed by atoms with Gasteiger partial charge in [0.1, 0.15) is 15.7 Å². The Kier molecular flexibility index (Phi) is 5.10. The zero-order valence-electron chi connectivity index (χ0n) is 10.2. The molecule has 0 saturated heterocycles. The molecule has 1 aromatic rings. The van der Waals surface area contributed by atoms with Gasteiger partial charge >= 0.3 is 0 Å². The Hall–Kier alpha value is -0.510. The van der Waals surface area contributed by atoms with Crippen molar-refractivity contribution in [2.75, 3.05) is 12.0 Å². The summed E-state index contributed by atoms with van der Waals surface area (Å²) in [7, 11) is -7.20. The maximum absolute atomic E-state index is 12.9. The fourth-order valence-electron chi connectivity index (χ4n) is 1.51. The van der Waals surface area contributed by atoms with E-state index < -0.39 is 31.7 Å². The first kappa shape index (κ1) is 16.5. The van der Waals surface area contributed by atoms with Crippen molar-refractivity contribution in [2.24, 2.45) is 0 Å². The van der Waals surface area contributed by atoms with Crippen LogP contribution in [-0.4, -0.2) is 34.9 Å². The molecule has 1 N–H and O–H groups in total. The van der Waals surface area contributed by atoms with Crippen molar-refractivity contribution in [3.8, 4) is 0 Å². The van der Waals surface area contributed by atoms with Crippen LogP contribution in [0.3, 0.4) is 0 Å². The highest BCUT2D eigenvalue weighted by Gasteiger charge is 2.22. The molecule has 0 spiro atoms. The molecule has 1 aromatic carbocycles. The molecule has 0 aliphatic carbocycles. The van der Waals surface area contributed by atoms with Gasteiger partial charge in [-0.05, 0) is 41.1 Å². The molecular weight excluding hydrogens is 361 g/mol. The monoisotopic (exact) mass is 373 g/mol. The Balaban J connectivity index is 2.99. The van der Waals surface area contributed by atoms with Gasteiger partial charge in [-0.15, -0.1) is 0 Å². The van der Waals surface area contributed by atoms with Crippen molar-refractivity contribution < 1.29 is 21.2 Å². The normalized spacial score (nSPS) is 14.3. The Bertz CT molecular complexity index is 673. The summed E-state index contributed by atoms with van der Waals surface area (Å²) in [5.41, 5.74) is 0. The van der Waals surface area contributed by atoms with E-state index in [9.17, 15) is 21.2 Å². The van der Waals surface area contributed by atoms with Crippen molar-refractivity contribution in [1.29, 1.82) is 0 Å². The topological polar surface area (TPSA) is 80.3 Å². The second-order valence-corrected chi connectivity index (χ2v) is 8.91. The number of rotatable bonds is 5. The third kappa shape index (κ3) is 5.17. The number of hydrogen-bond acceptors (Lipinski definition) is 4. The Morgan fingerprint density at radius 1 is 1.32 bits per heavy atom. The van der Waals surface area contributed by atoms with E-state index in [4.69, 9.17) is 0 Å². The van der Waals surface area contributed by atoms with Crippen LogP contribution in [0.5, 0.6) is 0 Å². The molecular formula is C10H13BrFNO4S2. The van der Waals surface area contributed by atoms with Gasteiger partial charge in [0.2, 0.25) is 10.0 Å². The molecule has 0 saturated carbocycles. The molecule has 0 amide bonds. The largest absolute Gasteiger partial charge is 0.241 e. The number of benzene rings is 1. The fourth-order valence-corrected chi connectivity index (χ4v) is 4.90. The fraction of sp³-hybridized carbons (Fsp3) is 0.400. The molecule has 0 fully saturated rings. The molecule has 1 atom stereocenters. The quantitative estimate of drug-likeness (QED) is 0.843. The average molecular weight is 374 g/mol. The highest BCUT2D eigenvalue weighted by molar-refractivity contribution is 9.10. The first-order valence-corrected chi connectivity index (χ1v) is 9.50. The molecule has 0 bridgehead atoms. The number of nitrogens with one attached hydrogen (secondary N) is 1. The first-order valence-electron chi connectivity index (χ1n) is 5.16. The van der Waals surface area contributed by atoms with Gasteiger partial charge in [-0.2, -0.15) is 0 Å². The van der Waals surface area contributed by atoms with Crippen LogP contribution in [0.25, 0.3) is 0 Å². The number of hydrogen-bond donors (Lipinski definition) is 1. The summed E-state index contributed by atoms with van der Waals surface area (Å²) in [4.78, 5) is -0.144. The molecule has 1 rings (SSSR count). The molecule has 108 valence electrons. The Morgan fingerprint density at radius 3 is 2.37 bits per heavy atom. The lowest BCUT2D eigenvalue weighted by Gasteiger charge is -2.14. The minimum Gasteiger partial charge on any atom is -0.229 e. The zero-order valence-corrected chi connectivity index (χ0v) is 13.4. The van der Waals surface area contributed by atoms with E-state index in [1.54, 1.807) is 0 Å². The minimum atomic E-state index is -3.91. The van der Waals surface area contributed by atoms with E-state index in [1.165, 1.54) is 6.92 Å². The highest BCUT2D eigenvalue weighted by Crippen LogP contribution is 2.22. The van der Waals surface area contributed by atoms with Crippen molar-refractivity contribution >= 4 is 35.8 Å². The summed E-state index contributed by atoms with van der Waals surface area (Å²) in [6.07, 6.45) is 1.02. The average Bonchev–Trinajstić information content (AvgIpc) is 2.11. The number of sulfone groups is 1. The summed E-state index contributed by atoms with van der Waals surface area (Å²) in [6.45, 7) is 1.44. The lowest BCUT2D eigenvalue weighted by molar-refractivity contribution is 0.563. The van der Waals surface area contributed by atoms with Crippen LogP contribution in [0, 0.1) is 5.82 Å². The Labute approximate surface area is 120 Å². The lowest BCUT2D eigenvalue weighted by atomic mass is 10.3. The van der Waals surface area contributed by atoms with Gasteiger partial charge < -0.3 is 0 Å². The summed E-state index contributed by atoms with van der Waals surface area (Å²) in [5, 5.41) is 0. The molecule has 0 aliphatic heterocycles. The SMILES string of the molecule is CC(CS(C)(=O)=O)NS(=O)(=O)c1ccc(F)cc1Br. The molecule has 0 aliphatic rings. The summed E-state index contributed by atoms with van der Waals surface area (Å²) in [6, 6.07) is 2.36. The molecule has 0 heterocycles.